The molecule has 0 heterocycles. The first-order valence-electron chi connectivity index (χ1n) is 6.13. The lowest BCUT2D eigenvalue weighted by atomic mass is 9.93. The molecule has 0 aromatic heterocycles. The van der Waals surface area contributed by atoms with E-state index in [1.165, 1.54) is 13.2 Å². The van der Waals surface area contributed by atoms with Gasteiger partial charge in [-0.3, -0.25) is 0 Å². The Hall–Kier alpha value is -2.03. The molecule has 19 heavy (non-hydrogen) atoms. The fraction of sp³-hybridized carbons (Fsp3) is 0.250. The molecule has 1 atom stereocenters. The topological polar surface area (TPSA) is 18.5 Å². The van der Waals surface area contributed by atoms with Crippen LogP contribution >= 0.6 is 0 Å². The Kier molecular flexibility index (Phi) is 4.05. The van der Waals surface area contributed by atoms with Gasteiger partial charge < -0.3 is 9.47 Å². The van der Waals surface area contributed by atoms with Gasteiger partial charge in [0.2, 0.25) is 0 Å². The van der Waals surface area contributed by atoms with Crippen molar-refractivity contribution in [2.24, 2.45) is 0 Å². The van der Waals surface area contributed by atoms with Crippen LogP contribution in [0.25, 0.3) is 0 Å². The summed E-state index contributed by atoms with van der Waals surface area (Å²) in [5.41, 5.74) is 2.16. The molecule has 2 nitrogen and oxygen atoms in total. The Labute approximate surface area is 112 Å². The van der Waals surface area contributed by atoms with Crippen LogP contribution in [0.5, 0.6) is 11.5 Å². The minimum Gasteiger partial charge on any atom is -0.497 e. The van der Waals surface area contributed by atoms with Crippen molar-refractivity contribution in [3.8, 4) is 11.5 Å². The van der Waals surface area contributed by atoms with Crippen molar-refractivity contribution in [1.29, 1.82) is 0 Å². The van der Waals surface area contributed by atoms with Gasteiger partial charge in [0.25, 0.3) is 0 Å². The average Bonchev–Trinajstić information content (AvgIpc) is 2.47. The first-order chi connectivity index (χ1) is 9.15. The maximum atomic E-state index is 13.4. The van der Waals surface area contributed by atoms with Crippen LogP contribution < -0.4 is 9.47 Å². The number of benzene rings is 2. The van der Waals surface area contributed by atoms with Crippen molar-refractivity contribution in [3.05, 3.63) is 59.4 Å². The number of ether oxygens (including phenoxy) is 2. The quantitative estimate of drug-likeness (QED) is 0.827. The number of hydrogen-bond donors (Lipinski definition) is 0. The molecule has 0 saturated heterocycles. The van der Waals surface area contributed by atoms with Crippen LogP contribution in [0.2, 0.25) is 0 Å². The van der Waals surface area contributed by atoms with E-state index in [-0.39, 0.29) is 17.5 Å². The molecule has 100 valence electrons. The molecule has 2 aromatic rings. The Morgan fingerprint density at radius 2 is 1.53 bits per heavy atom. The highest BCUT2D eigenvalue weighted by Gasteiger charge is 2.11. The third-order valence-electron chi connectivity index (χ3n) is 3.29. The predicted molar refractivity (Wildman–Crippen MR) is 73.5 cm³/mol. The number of rotatable bonds is 4. The van der Waals surface area contributed by atoms with Crippen LogP contribution in [-0.2, 0) is 0 Å². The van der Waals surface area contributed by atoms with Gasteiger partial charge >= 0.3 is 0 Å². The molecular formula is C16H17FO2. The van der Waals surface area contributed by atoms with Gasteiger partial charge in [0.05, 0.1) is 14.2 Å². The number of halogens is 1. The summed E-state index contributed by atoms with van der Waals surface area (Å²) < 4.78 is 23.5. The highest BCUT2D eigenvalue weighted by atomic mass is 19.1. The van der Waals surface area contributed by atoms with E-state index in [4.69, 9.17) is 9.47 Å². The Morgan fingerprint density at radius 1 is 0.895 bits per heavy atom. The molecule has 0 amide bonds. The molecule has 0 aliphatic heterocycles. The van der Waals surface area contributed by atoms with Crippen LogP contribution in [0.3, 0.4) is 0 Å². The highest BCUT2D eigenvalue weighted by molar-refractivity contribution is 5.39. The second kappa shape index (κ2) is 5.74. The third kappa shape index (κ3) is 2.87. The van der Waals surface area contributed by atoms with Crippen molar-refractivity contribution in [1.82, 2.24) is 0 Å². The normalized spacial score (nSPS) is 12.0. The van der Waals surface area contributed by atoms with Crippen molar-refractivity contribution >= 4 is 0 Å². The zero-order valence-corrected chi connectivity index (χ0v) is 11.3. The Bertz CT molecular complexity index is 549. The van der Waals surface area contributed by atoms with Gasteiger partial charge in [-0.25, -0.2) is 4.39 Å². The number of hydrogen-bond acceptors (Lipinski definition) is 2. The monoisotopic (exact) mass is 260 g/mol. The largest absolute Gasteiger partial charge is 0.497 e. The van der Waals surface area contributed by atoms with Crippen LogP contribution in [0.4, 0.5) is 4.39 Å². The summed E-state index contributed by atoms with van der Waals surface area (Å²) in [4.78, 5) is 0. The molecule has 0 aliphatic carbocycles. The molecule has 0 radical (unpaired) electrons. The standard InChI is InChI=1S/C16H17FO2/c1-11(12-4-7-14(18-2)8-5-12)13-6-9-15(17)16(10-13)19-3/h4-11H,1-3H3. The average molecular weight is 260 g/mol. The van der Waals surface area contributed by atoms with Crippen LogP contribution in [0, 0.1) is 5.82 Å². The molecule has 0 N–H and O–H groups in total. The van der Waals surface area contributed by atoms with Gasteiger partial charge in [0.1, 0.15) is 5.75 Å². The van der Waals surface area contributed by atoms with Crippen LogP contribution in [0.1, 0.15) is 24.0 Å². The van der Waals surface area contributed by atoms with Gasteiger partial charge in [-0.2, -0.15) is 0 Å². The maximum absolute atomic E-state index is 13.4. The summed E-state index contributed by atoms with van der Waals surface area (Å²) >= 11 is 0. The molecule has 0 aliphatic rings. The molecule has 3 heteroatoms. The Morgan fingerprint density at radius 3 is 2.11 bits per heavy atom. The summed E-state index contributed by atoms with van der Waals surface area (Å²) in [7, 11) is 3.11. The molecule has 1 unspecified atom stereocenters. The lowest BCUT2D eigenvalue weighted by Gasteiger charge is -2.14. The minimum absolute atomic E-state index is 0.167. The summed E-state index contributed by atoms with van der Waals surface area (Å²) in [6.45, 7) is 2.08. The molecule has 0 bridgehead atoms. The van der Waals surface area contributed by atoms with E-state index >= 15 is 0 Å². The van der Waals surface area contributed by atoms with E-state index in [1.807, 2.05) is 24.3 Å². The van der Waals surface area contributed by atoms with Crippen molar-refractivity contribution in [2.75, 3.05) is 14.2 Å². The first-order valence-corrected chi connectivity index (χ1v) is 6.13. The molecule has 2 aromatic carbocycles. The summed E-state index contributed by atoms with van der Waals surface area (Å²) in [5, 5.41) is 0. The molecule has 0 spiro atoms. The van der Waals surface area contributed by atoms with E-state index in [9.17, 15) is 4.39 Å². The van der Waals surface area contributed by atoms with Gasteiger partial charge in [0, 0.05) is 5.92 Å². The second-order valence-corrected chi connectivity index (χ2v) is 4.39. The van der Waals surface area contributed by atoms with Crippen LogP contribution in [0.15, 0.2) is 42.5 Å². The van der Waals surface area contributed by atoms with E-state index in [0.717, 1.165) is 16.9 Å². The van der Waals surface area contributed by atoms with E-state index in [1.54, 1.807) is 19.2 Å². The van der Waals surface area contributed by atoms with Crippen molar-refractivity contribution < 1.29 is 13.9 Å². The SMILES string of the molecule is COc1ccc(C(C)c2ccc(F)c(OC)c2)cc1. The zero-order valence-electron chi connectivity index (χ0n) is 11.3. The summed E-state index contributed by atoms with van der Waals surface area (Å²) in [5.74, 6) is 0.930. The number of methoxy groups -OCH3 is 2. The molecule has 0 saturated carbocycles. The summed E-state index contributed by atoms with van der Waals surface area (Å²) in [6, 6.07) is 12.8. The van der Waals surface area contributed by atoms with Crippen LogP contribution in [-0.4, -0.2) is 14.2 Å². The molecular weight excluding hydrogens is 243 g/mol. The van der Waals surface area contributed by atoms with Gasteiger partial charge in [-0.05, 0) is 35.4 Å². The lowest BCUT2D eigenvalue weighted by Crippen LogP contribution is -1.98. The Balaban J connectivity index is 2.29. The smallest absolute Gasteiger partial charge is 0.165 e. The highest BCUT2D eigenvalue weighted by Crippen LogP contribution is 2.29. The van der Waals surface area contributed by atoms with Gasteiger partial charge in [-0.15, -0.1) is 0 Å². The summed E-state index contributed by atoms with van der Waals surface area (Å²) in [6.07, 6.45) is 0. The fourth-order valence-corrected chi connectivity index (χ4v) is 2.03. The predicted octanol–water partition coefficient (Wildman–Crippen LogP) is 3.99. The third-order valence-corrected chi connectivity index (χ3v) is 3.29. The van der Waals surface area contributed by atoms with Crippen molar-refractivity contribution in [3.63, 3.8) is 0 Å². The minimum atomic E-state index is -0.340. The van der Waals surface area contributed by atoms with E-state index in [2.05, 4.69) is 6.92 Å². The molecule has 2 rings (SSSR count). The maximum Gasteiger partial charge on any atom is 0.165 e. The first kappa shape index (κ1) is 13.4. The van der Waals surface area contributed by atoms with Crippen molar-refractivity contribution in [2.45, 2.75) is 12.8 Å². The van der Waals surface area contributed by atoms with E-state index in [0.29, 0.717) is 0 Å². The van der Waals surface area contributed by atoms with E-state index < -0.39 is 0 Å². The molecule has 0 fully saturated rings. The second-order valence-electron chi connectivity index (χ2n) is 4.39. The lowest BCUT2D eigenvalue weighted by molar-refractivity contribution is 0.386. The fourth-order valence-electron chi connectivity index (χ4n) is 2.03. The van der Waals surface area contributed by atoms with Gasteiger partial charge in [-0.1, -0.05) is 25.1 Å². The zero-order chi connectivity index (χ0) is 13.8. The van der Waals surface area contributed by atoms with Gasteiger partial charge in [0.15, 0.2) is 11.6 Å².